The van der Waals surface area contributed by atoms with Crippen molar-refractivity contribution >= 4 is 5.97 Å². The second-order valence-corrected chi connectivity index (χ2v) is 7.23. The van der Waals surface area contributed by atoms with E-state index >= 15 is 0 Å². The molecule has 1 aliphatic rings. The highest BCUT2D eigenvalue weighted by molar-refractivity contribution is 5.82. The molecule has 0 aliphatic carbocycles. The highest BCUT2D eigenvalue weighted by Crippen LogP contribution is 2.30. The number of esters is 1. The van der Waals surface area contributed by atoms with Crippen LogP contribution in [0.1, 0.15) is 37.3 Å². The smallest absolute Gasteiger partial charge is 0.318 e. The number of carbonyl (C=O) groups is 1. The zero-order chi connectivity index (χ0) is 17.8. The molecule has 1 heterocycles. The fraction of sp³-hybridized carbons (Fsp3) is 0.409. The Morgan fingerprint density at radius 2 is 1.52 bits per heavy atom. The number of nitrogens with zero attached hydrogens (tertiary/aromatic N) is 1. The summed E-state index contributed by atoms with van der Waals surface area (Å²) in [4.78, 5) is 15.4. The van der Waals surface area contributed by atoms with Crippen molar-refractivity contribution in [2.75, 3.05) is 13.6 Å². The van der Waals surface area contributed by atoms with Gasteiger partial charge < -0.3 is 9.64 Å². The third-order valence-corrected chi connectivity index (χ3v) is 5.31. The second-order valence-electron chi connectivity index (χ2n) is 7.23. The molecule has 0 bridgehead atoms. The summed E-state index contributed by atoms with van der Waals surface area (Å²) in [5, 5.41) is 0. The van der Waals surface area contributed by atoms with Crippen molar-refractivity contribution in [1.29, 1.82) is 0 Å². The van der Waals surface area contributed by atoms with E-state index < -0.39 is 0 Å². The van der Waals surface area contributed by atoms with Crippen molar-refractivity contribution in [2.24, 2.45) is 5.92 Å². The molecule has 0 saturated carbocycles. The first-order chi connectivity index (χ1) is 12.1. The van der Waals surface area contributed by atoms with Crippen LogP contribution < -0.4 is 0 Å². The van der Waals surface area contributed by atoms with Crippen LogP contribution in [0.3, 0.4) is 0 Å². The molecule has 1 fully saturated rings. The van der Waals surface area contributed by atoms with Crippen molar-refractivity contribution in [3.8, 4) is 0 Å². The average molecular weight is 337 g/mol. The highest BCUT2D eigenvalue weighted by atomic mass is 16.5. The lowest BCUT2D eigenvalue weighted by molar-refractivity contribution is -0.156. The monoisotopic (exact) mass is 337 g/mol. The summed E-state index contributed by atoms with van der Waals surface area (Å²) in [6.45, 7) is 5.32. The number of hydrogen-bond donors (Lipinski definition) is 0. The van der Waals surface area contributed by atoms with Crippen LogP contribution in [0.4, 0.5) is 0 Å². The van der Waals surface area contributed by atoms with Gasteiger partial charge in [0.15, 0.2) is 0 Å². The molecule has 0 N–H and O–H groups in total. The third kappa shape index (κ3) is 4.10. The predicted molar refractivity (Wildman–Crippen MR) is 100 cm³/mol. The summed E-state index contributed by atoms with van der Waals surface area (Å²) < 4.78 is 6.03. The Morgan fingerprint density at radius 1 is 1.00 bits per heavy atom. The van der Waals surface area contributed by atoms with Crippen LogP contribution in [0.5, 0.6) is 0 Å². The van der Waals surface area contributed by atoms with Crippen LogP contribution in [0.2, 0.25) is 0 Å². The number of hydrogen-bond acceptors (Lipinski definition) is 3. The minimum atomic E-state index is -0.371. The topological polar surface area (TPSA) is 29.5 Å². The van der Waals surface area contributed by atoms with Crippen LogP contribution in [-0.4, -0.2) is 36.6 Å². The van der Waals surface area contributed by atoms with Gasteiger partial charge in [-0.1, -0.05) is 67.6 Å². The molecule has 3 nitrogen and oxygen atoms in total. The van der Waals surface area contributed by atoms with Crippen LogP contribution in [0, 0.1) is 5.92 Å². The van der Waals surface area contributed by atoms with Crippen molar-refractivity contribution in [2.45, 2.75) is 38.3 Å². The van der Waals surface area contributed by atoms with Gasteiger partial charge in [-0.25, -0.2) is 0 Å². The Bertz CT molecular complexity index is 646. The molecule has 132 valence electrons. The molecule has 3 atom stereocenters. The molecule has 1 aliphatic heterocycles. The number of ether oxygens (including phenoxy) is 1. The van der Waals surface area contributed by atoms with Gasteiger partial charge >= 0.3 is 5.97 Å². The Balaban J connectivity index is 1.83. The normalized spacial score (nSPS) is 24.2. The zero-order valence-electron chi connectivity index (χ0n) is 15.3. The summed E-state index contributed by atoms with van der Waals surface area (Å²) in [6.07, 6.45) is 0.869. The molecule has 0 radical (unpaired) electrons. The van der Waals surface area contributed by atoms with E-state index in [1.54, 1.807) is 0 Å². The maximum atomic E-state index is 13.1. The summed E-state index contributed by atoms with van der Waals surface area (Å²) in [6, 6.07) is 20.3. The Labute approximate surface area is 150 Å². The van der Waals surface area contributed by atoms with Gasteiger partial charge in [0.2, 0.25) is 0 Å². The highest BCUT2D eigenvalue weighted by Gasteiger charge is 2.34. The van der Waals surface area contributed by atoms with Gasteiger partial charge in [-0.05, 0) is 31.5 Å². The number of likely N-dealkylation sites (tertiary alicyclic amines) is 1. The first kappa shape index (κ1) is 17.7. The number of benzene rings is 2. The van der Waals surface area contributed by atoms with Crippen LogP contribution in [0.15, 0.2) is 60.7 Å². The summed E-state index contributed by atoms with van der Waals surface area (Å²) in [5.41, 5.74) is 1.96. The van der Waals surface area contributed by atoms with Crippen molar-refractivity contribution < 1.29 is 9.53 Å². The Hall–Kier alpha value is -2.13. The molecular formula is C22H27NO2. The van der Waals surface area contributed by atoms with Gasteiger partial charge in [0.25, 0.3) is 0 Å². The van der Waals surface area contributed by atoms with Gasteiger partial charge in [-0.15, -0.1) is 0 Å². The van der Waals surface area contributed by atoms with E-state index in [0.29, 0.717) is 12.0 Å². The lowest BCUT2D eigenvalue weighted by Gasteiger charge is -2.39. The Kier molecular flexibility index (Phi) is 5.54. The van der Waals surface area contributed by atoms with E-state index in [-0.39, 0.29) is 18.0 Å². The van der Waals surface area contributed by atoms with Crippen molar-refractivity contribution in [1.82, 2.24) is 4.90 Å². The lowest BCUT2D eigenvalue weighted by Crippen LogP contribution is -2.47. The largest absolute Gasteiger partial charge is 0.461 e. The fourth-order valence-corrected chi connectivity index (χ4v) is 3.64. The van der Waals surface area contributed by atoms with Gasteiger partial charge in [0.05, 0.1) is 0 Å². The van der Waals surface area contributed by atoms with Gasteiger partial charge in [-0.3, -0.25) is 4.79 Å². The molecule has 0 unspecified atom stereocenters. The Morgan fingerprint density at radius 3 is 2.04 bits per heavy atom. The van der Waals surface area contributed by atoms with E-state index in [9.17, 15) is 4.79 Å². The summed E-state index contributed by atoms with van der Waals surface area (Å²) >= 11 is 0. The van der Waals surface area contributed by atoms with Crippen molar-refractivity contribution in [3.63, 3.8) is 0 Å². The minimum Gasteiger partial charge on any atom is -0.461 e. The molecule has 0 aromatic heterocycles. The first-order valence-corrected chi connectivity index (χ1v) is 9.07. The minimum absolute atomic E-state index is 0.0198. The maximum Gasteiger partial charge on any atom is 0.318 e. The van der Waals surface area contributed by atoms with E-state index in [4.69, 9.17) is 4.74 Å². The third-order valence-electron chi connectivity index (χ3n) is 5.31. The molecule has 3 heteroatoms. The molecule has 25 heavy (non-hydrogen) atoms. The SMILES string of the molecule is C[C@@H]1CN(C)[C@@H](C)C[C@@H]1OC(=O)C(c1ccccc1)c1ccccc1. The second kappa shape index (κ2) is 7.83. The zero-order valence-corrected chi connectivity index (χ0v) is 15.3. The van der Waals surface area contributed by atoms with Gasteiger partial charge in [-0.2, -0.15) is 0 Å². The standard InChI is InChI=1S/C22H27NO2/c1-16-15-23(3)17(2)14-20(16)25-22(24)21(18-10-6-4-7-11-18)19-12-8-5-9-13-19/h4-13,16-17,20-21H,14-15H2,1-3H3/t16-,17+,20+/m1/s1. The molecule has 0 spiro atoms. The molecule has 2 aromatic rings. The van der Waals surface area contributed by atoms with Gasteiger partial charge in [0, 0.05) is 18.5 Å². The number of carbonyl (C=O) groups excluding carboxylic acids is 1. The van der Waals surface area contributed by atoms with E-state index in [0.717, 1.165) is 24.1 Å². The first-order valence-electron chi connectivity index (χ1n) is 9.07. The van der Waals surface area contributed by atoms with E-state index in [1.807, 2.05) is 60.7 Å². The van der Waals surface area contributed by atoms with Crippen molar-refractivity contribution in [3.05, 3.63) is 71.8 Å². The quantitative estimate of drug-likeness (QED) is 0.787. The molecular weight excluding hydrogens is 310 g/mol. The maximum absolute atomic E-state index is 13.1. The van der Waals surface area contributed by atoms with E-state index in [2.05, 4.69) is 25.8 Å². The van der Waals surface area contributed by atoms with Gasteiger partial charge in [0.1, 0.15) is 12.0 Å². The summed E-state index contributed by atoms with van der Waals surface area (Å²) in [5.74, 6) is -0.173. The fourth-order valence-electron chi connectivity index (χ4n) is 3.64. The number of rotatable bonds is 4. The predicted octanol–water partition coefficient (Wildman–Crippen LogP) is 4.09. The summed E-state index contributed by atoms with van der Waals surface area (Å²) in [7, 11) is 2.13. The lowest BCUT2D eigenvalue weighted by atomic mass is 9.90. The van der Waals surface area contributed by atoms with Crippen LogP contribution >= 0.6 is 0 Å². The molecule has 0 amide bonds. The van der Waals surface area contributed by atoms with E-state index in [1.165, 1.54) is 0 Å². The van der Waals surface area contributed by atoms with Crippen LogP contribution in [0.25, 0.3) is 0 Å². The van der Waals surface area contributed by atoms with Crippen LogP contribution in [-0.2, 0) is 9.53 Å². The molecule has 1 saturated heterocycles. The molecule has 3 rings (SSSR count). The molecule has 2 aromatic carbocycles. The average Bonchev–Trinajstić information content (AvgIpc) is 2.62. The number of piperidine rings is 1.